The Morgan fingerprint density at radius 2 is 1.24 bits per heavy atom. The van der Waals surface area contributed by atoms with E-state index >= 15 is 0 Å². The van der Waals surface area contributed by atoms with E-state index in [2.05, 4.69) is 160 Å². The molecule has 0 aliphatic rings. The molecule has 0 radical (unpaired) electrons. The minimum Gasteiger partial charge on any atom is -0.343 e. The summed E-state index contributed by atoms with van der Waals surface area (Å²) in [6.45, 7) is 0. The number of rotatable bonds is 2. The summed E-state index contributed by atoms with van der Waals surface area (Å²) in [5.74, 6) is 0. The first-order chi connectivity index (χ1) is 20.2. The summed E-state index contributed by atoms with van der Waals surface area (Å²) in [6.07, 6.45) is 0. The highest BCUT2D eigenvalue weighted by Crippen LogP contribution is 2.42. The zero-order chi connectivity index (χ0) is 27.2. The highest BCUT2D eigenvalue weighted by atomic mass is 127. The second kappa shape index (κ2) is 8.68. The van der Waals surface area contributed by atoms with E-state index < -0.39 is 0 Å². The Hall–Kier alpha value is -4.13. The lowest BCUT2D eigenvalue weighted by Crippen LogP contribution is -1.95. The van der Waals surface area contributed by atoms with Crippen molar-refractivity contribution < 1.29 is 0 Å². The van der Waals surface area contributed by atoms with Gasteiger partial charge in [-0.05, 0) is 70.6 Å². The van der Waals surface area contributed by atoms with Crippen LogP contribution in [-0.4, -0.2) is 9.13 Å². The first kappa shape index (κ1) is 23.6. The maximum Gasteiger partial charge on any atom is 0.0568 e. The van der Waals surface area contributed by atoms with Crippen molar-refractivity contribution in [1.29, 1.82) is 0 Å². The van der Waals surface area contributed by atoms with Gasteiger partial charge in [-0.2, -0.15) is 0 Å². The van der Waals surface area contributed by atoms with E-state index in [1.165, 1.54) is 84.2 Å². The van der Waals surface area contributed by atoms with Gasteiger partial charge in [0.05, 0.1) is 16.6 Å². The van der Waals surface area contributed by atoms with Crippen LogP contribution >= 0.6 is 33.9 Å². The van der Waals surface area contributed by atoms with Crippen LogP contribution in [0.2, 0.25) is 0 Å². The van der Waals surface area contributed by atoms with Gasteiger partial charge in [-0.3, -0.25) is 0 Å². The molecule has 0 fully saturated rings. The highest BCUT2D eigenvalue weighted by molar-refractivity contribution is 14.1. The van der Waals surface area contributed by atoms with Gasteiger partial charge >= 0.3 is 0 Å². The molecule has 0 N–H and O–H groups in total. The van der Waals surface area contributed by atoms with E-state index in [0.29, 0.717) is 0 Å². The van der Waals surface area contributed by atoms with E-state index in [-0.39, 0.29) is 0 Å². The molecule has 9 rings (SSSR count). The van der Waals surface area contributed by atoms with Crippen molar-refractivity contribution in [2.75, 3.05) is 0 Å². The average molecular weight is 655 g/mol. The molecule has 9 aromatic rings. The number of hydrogen-bond acceptors (Lipinski definition) is 1. The number of halogens is 1. The first-order valence-electron chi connectivity index (χ1n) is 13.8. The van der Waals surface area contributed by atoms with Crippen LogP contribution in [0, 0.1) is 3.57 Å². The zero-order valence-corrected chi connectivity index (χ0v) is 25.2. The topological polar surface area (TPSA) is 9.86 Å². The van der Waals surface area contributed by atoms with Gasteiger partial charge in [0.2, 0.25) is 0 Å². The lowest BCUT2D eigenvalue weighted by Gasteiger charge is -2.11. The Morgan fingerprint density at radius 1 is 0.561 bits per heavy atom. The summed E-state index contributed by atoms with van der Waals surface area (Å²) >= 11 is 4.40. The van der Waals surface area contributed by atoms with Crippen molar-refractivity contribution in [3.05, 3.63) is 125 Å². The molecule has 0 saturated carbocycles. The molecular weight excluding hydrogens is 631 g/mol. The van der Waals surface area contributed by atoms with Gasteiger partial charge < -0.3 is 9.13 Å². The van der Waals surface area contributed by atoms with Crippen LogP contribution in [-0.2, 0) is 7.05 Å². The fourth-order valence-corrected chi connectivity index (χ4v) is 8.82. The molecule has 3 aromatic heterocycles. The van der Waals surface area contributed by atoms with Crippen LogP contribution in [0.5, 0.6) is 0 Å². The summed E-state index contributed by atoms with van der Waals surface area (Å²) in [7, 11) is 2.18. The van der Waals surface area contributed by atoms with Crippen LogP contribution in [0.25, 0.3) is 80.6 Å². The number of benzene rings is 6. The zero-order valence-electron chi connectivity index (χ0n) is 22.2. The maximum atomic E-state index is 2.52. The molecule has 0 aliphatic heterocycles. The normalized spacial score (nSPS) is 12.1. The van der Waals surface area contributed by atoms with Gasteiger partial charge in [0.25, 0.3) is 0 Å². The van der Waals surface area contributed by atoms with Gasteiger partial charge in [0, 0.05) is 69.1 Å². The number of para-hydroxylation sites is 3. The standard InChI is InChI=1S/C37H23IN2S/c1-39-32-14-5-2-9-25(32)28-13-8-12-24(36(28)39)22-17-18-34-29(19-22)26-10-3-6-15-33(26)40(34)23-20-30-27-11-4-7-16-35(27)41-37(30)31(38)21-23/h2-21H,1H3. The summed E-state index contributed by atoms with van der Waals surface area (Å²) in [6, 6.07) is 44.7. The smallest absolute Gasteiger partial charge is 0.0568 e. The Morgan fingerprint density at radius 3 is 2.10 bits per heavy atom. The summed E-state index contributed by atoms with van der Waals surface area (Å²) in [5.41, 5.74) is 8.72. The van der Waals surface area contributed by atoms with Crippen molar-refractivity contribution >= 4 is 97.7 Å². The number of fused-ring (bicyclic) bond motifs is 9. The fraction of sp³-hybridized carbons (Fsp3) is 0.0270. The molecule has 194 valence electrons. The molecular formula is C37H23IN2S. The number of aromatic nitrogens is 2. The van der Waals surface area contributed by atoms with Gasteiger partial charge in [0.1, 0.15) is 0 Å². The van der Waals surface area contributed by atoms with Crippen molar-refractivity contribution in [2.45, 2.75) is 0 Å². The molecule has 0 unspecified atom stereocenters. The van der Waals surface area contributed by atoms with Crippen molar-refractivity contribution in [1.82, 2.24) is 9.13 Å². The predicted molar refractivity (Wildman–Crippen MR) is 186 cm³/mol. The molecule has 0 atom stereocenters. The predicted octanol–water partition coefficient (Wildman–Crippen LogP) is 11.1. The summed E-state index contributed by atoms with van der Waals surface area (Å²) in [5, 5.41) is 7.82. The van der Waals surface area contributed by atoms with E-state index in [1.807, 2.05) is 11.3 Å². The molecule has 0 aliphatic carbocycles. The quantitative estimate of drug-likeness (QED) is 0.164. The molecule has 6 aromatic carbocycles. The highest BCUT2D eigenvalue weighted by Gasteiger charge is 2.18. The van der Waals surface area contributed by atoms with Crippen LogP contribution in [0.3, 0.4) is 0 Å². The molecule has 4 heteroatoms. The third-order valence-corrected chi connectivity index (χ3v) is 11.0. The van der Waals surface area contributed by atoms with Crippen molar-refractivity contribution in [2.24, 2.45) is 7.05 Å². The Kier molecular flexibility index (Phi) is 4.99. The molecule has 41 heavy (non-hydrogen) atoms. The Bertz CT molecular complexity index is 2510. The minimum absolute atomic E-state index is 1.21. The first-order valence-corrected chi connectivity index (χ1v) is 15.7. The third kappa shape index (κ3) is 3.29. The molecule has 3 heterocycles. The average Bonchev–Trinajstić information content (AvgIpc) is 3.65. The van der Waals surface area contributed by atoms with Crippen LogP contribution in [0.15, 0.2) is 121 Å². The van der Waals surface area contributed by atoms with E-state index in [0.717, 1.165) is 0 Å². The van der Waals surface area contributed by atoms with Crippen molar-refractivity contribution in [3.8, 4) is 16.8 Å². The summed E-state index contributed by atoms with van der Waals surface area (Å²) in [4.78, 5) is 0. The van der Waals surface area contributed by atoms with Crippen molar-refractivity contribution in [3.63, 3.8) is 0 Å². The van der Waals surface area contributed by atoms with Crippen LogP contribution < -0.4 is 0 Å². The Balaban J connectivity index is 1.33. The lowest BCUT2D eigenvalue weighted by molar-refractivity contribution is 1.02. The van der Waals surface area contributed by atoms with E-state index in [4.69, 9.17) is 0 Å². The van der Waals surface area contributed by atoms with E-state index in [9.17, 15) is 0 Å². The number of nitrogens with zero attached hydrogens (tertiary/aromatic N) is 2. The second-order valence-corrected chi connectivity index (χ2v) is 13.0. The van der Waals surface area contributed by atoms with E-state index in [1.54, 1.807) is 0 Å². The maximum absolute atomic E-state index is 2.52. The Labute approximate surface area is 254 Å². The monoisotopic (exact) mass is 654 g/mol. The molecule has 0 bridgehead atoms. The number of aryl methyl sites for hydroxylation is 1. The van der Waals surface area contributed by atoms with Crippen LogP contribution in [0.1, 0.15) is 0 Å². The third-order valence-electron chi connectivity index (χ3n) is 8.59. The molecule has 0 saturated heterocycles. The molecule has 0 spiro atoms. The van der Waals surface area contributed by atoms with Gasteiger partial charge in [-0.25, -0.2) is 0 Å². The largest absolute Gasteiger partial charge is 0.343 e. The molecule has 0 amide bonds. The minimum atomic E-state index is 1.21. The van der Waals surface area contributed by atoms with Gasteiger partial charge in [0.15, 0.2) is 0 Å². The second-order valence-electron chi connectivity index (χ2n) is 10.8. The lowest BCUT2D eigenvalue weighted by atomic mass is 10.00. The molecule has 2 nitrogen and oxygen atoms in total. The number of thiophene rings is 1. The summed E-state index contributed by atoms with van der Waals surface area (Å²) < 4.78 is 8.78. The fourth-order valence-electron chi connectivity index (χ4n) is 6.79. The van der Waals surface area contributed by atoms with Gasteiger partial charge in [-0.15, -0.1) is 11.3 Å². The van der Waals surface area contributed by atoms with Gasteiger partial charge in [-0.1, -0.05) is 78.9 Å². The SMILES string of the molecule is Cn1c2ccccc2c2cccc(-c3ccc4c(c3)c3ccccc3n4-c3cc(I)c4sc5ccccc5c4c3)c21. The van der Waals surface area contributed by atoms with Crippen LogP contribution in [0.4, 0.5) is 0 Å². The number of hydrogen-bond donors (Lipinski definition) is 0.